The van der Waals surface area contributed by atoms with Crippen molar-refractivity contribution < 1.29 is 17.9 Å². The molecule has 19 heavy (non-hydrogen) atoms. The quantitative estimate of drug-likeness (QED) is 0.751. The minimum Gasteiger partial charge on any atom is -0.469 e. The fraction of sp³-hybridized carbons (Fsp3) is 0.923. The van der Waals surface area contributed by atoms with Crippen molar-refractivity contribution in [3.63, 3.8) is 0 Å². The molecule has 6 heteroatoms. The molecule has 5 nitrogen and oxygen atoms in total. The van der Waals surface area contributed by atoms with Gasteiger partial charge in [-0.1, -0.05) is 19.8 Å². The van der Waals surface area contributed by atoms with Crippen LogP contribution in [0.3, 0.4) is 0 Å². The molecule has 4 atom stereocenters. The van der Waals surface area contributed by atoms with Gasteiger partial charge >= 0.3 is 5.97 Å². The van der Waals surface area contributed by atoms with Crippen molar-refractivity contribution in [3.8, 4) is 0 Å². The van der Waals surface area contributed by atoms with Crippen molar-refractivity contribution in [3.05, 3.63) is 0 Å². The summed E-state index contributed by atoms with van der Waals surface area (Å²) in [6.07, 6.45) is 5.02. The van der Waals surface area contributed by atoms with Crippen molar-refractivity contribution in [2.45, 2.75) is 56.7 Å². The number of rotatable bonds is 6. The Morgan fingerprint density at radius 1 is 1.37 bits per heavy atom. The standard InChI is InChI=1S/C13H23NO4S/c1-3-5-9-8-11(9)14-19(16,17)12-7-4-6-10(12)13(15)18-2/h9-12,14H,3-8H2,1-2H3. The van der Waals surface area contributed by atoms with Gasteiger partial charge in [-0.25, -0.2) is 13.1 Å². The maximum Gasteiger partial charge on any atom is 0.310 e. The Morgan fingerprint density at radius 2 is 2.11 bits per heavy atom. The van der Waals surface area contributed by atoms with Crippen LogP contribution in [0, 0.1) is 11.8 Å². The van der Waals surface area contributed by atoms with Crippen LogP contribution in [0.4, 0.5) is 0 Å². The van der Waals surface area contributed by atoms with E-state index in [1.54, 1.807) is 0 Å². The molecule has 0 amide bonds. The van der Waals surface area contributed by atoms with Crippen LogP contribution in [0.25, 0.3) is 0 Å². The predicted molar refractivity (Wildman–Crippen MR) is 72.0 cm³/mol. The monoisotopic (exact) mass is 289 g/mol. The highest BCUT2D eigenvalue weighted by atomic mass is 32.2. The lowest BCUT2D eigenvalue weighted by molar-refractivity contribution is -0.145. The maximum absolute atomic E-state index is 12.3. The van der Waals surface area contributed by atoms with Gasteiger partial charge in [-0.2, -0.15) is 0 Å². The van der Waals surface area contributed by atoms with Gasteiger partial charge in [-0.15, -0.1) is 0 Å². The number of esters is 1. The molecule has 0 spiro atoms. The van der Waals surface area contributed by atoms with Crippen molar-refractivity contribution in [2.75, 3.05) is 7.11 Å². The van der Waals surface area contributed by atoms with E-state index in [1.165, 1.54) is 7.11 Å². The van der Waals surface area contributed by atoms with Gasteiger partial charge in [0.2, 0.25) is 10.0 Å². The molecule has 2 fully saturated rings. The van der Waals surface area contributed by atoms with Crippen LogP contribution in [-0.2, 0) is 19.6 Å². The summed E-state index contributed by atoms with van der Waals surface area (Å²) in [5.74, 6) is -0.405. The highest BCUT2D eigenvalue weighted by Crippen LogP contribution is 2.37. The second kappa shape index (κ2) is 5.79. The minimum atomic E-state index is -3.40. The SMILES string of the molecule is CCCC1CC1NS(=O)(=O)C1CCCC1C(=O)OC. The normalized spacial score (nSPS) is 34.2. The Labute approximate surface area is 115 Å². The molecule has 0 aliphatic heterocycles. The third-order valence-electron chi connectivity index (χ3n) is 4.25. The molecule has 2 rings (SSSR count). The smallest absolute Gasteiger partial charge is 0.310 e. The fourth-order valence-electron chi connectivity index (χ4n) is 3.10. The molecule has 0 saturated heterocycles. The van der Waals surface area contributed by atoms with Crippen LogP contribution in [0.5, 0.6) is 0 Å². The molecule has 1 N–H and O–H groups in total. The van der Waals surface area contributed by atoms with Crippen LogP contribution in [0.1, 0.15) is 45.4 Å². The predicted octanol–water partition coefficient (Wildman–Crippen LogP) is 1.44. The molecule has 110 valence electrons. The molecule has 0 aromatic carbocycles. The summed E-state index contributed by atoms with van der Waals surface area (Å²) in [6.45, 7) is 2.11. The van der Waals surface area contributed by atoms with Gasteiger partial charge in [0, 0.05) is 6.04 Å². The van der Waals surface area contributed by atoms with E-state index in [9.17, 15) is 13.2 Å². The zero-order valence-electron chi connectivity index (χ0n) is 11.6. The molecule has 2 aliphatic rings. The van der Waals surface area contributed by atoms with E-state index >= 15 is 0 Å². The highest BCUT2D eigenvalue weighted by Gasteiger charge is 2.46. The lowest BCUT2D eigenvalue weighted by Crippen LogP contribution is -2.40. The van der Waals surface area contributed by atoms with E-state index in [1.807, 2.05) is 0 Å². The average molecular weight is 289 g/mol. The zero-order valence-corrected chi connectivity index (χ0v) is 12.4. The average Bonchev–Trinajstić information content (AvgIpc) is 2.91. The lowest BCUT2D eigenvalue weighted by atomic mass is 10.1. The number of sulfonamides is 1. The molecule has 2 aliphatic carbocycles. The molecule has 2 saturated carbocycles. The van der Waals surface area contributed by atoms with Gasteiger partial charge in [0.25, 0.3) is 0 Å². The summed E-state index contributed by atoms with van der Waals surface area (Å²) in [4.78, 5) is 11.6. The van der Waals surface area contributed by atoms with Crippen molar-refractivity contribution >= 4 is 16.0 Å². The molecule has 0 aromatic rings. The van der Waals surface area contributed by atoms with Crippen LogP contribution < -0.4 is 4.72 Å². The Morgan fingerprint density at radius 3 is 2.74 bits per heavy atom. The van der Waals surface area contributed by atoms with E-state index in [2.05, 4.69) is 11.6 Å². The van der Waals surface area contributed by atoms with Gasteiger partial charge in [0.1, 0.15) is 0 Å². The maximum atomic E-state index is 12.3. The Bertz CT molecular complexity index is 434. The number of ether oxygens (including phenoxy) is 1. The number of hydrogen-bond donors (Lipinski definition) is 1. The summed E-state index contributed by atoms with van der Waals surface area (Å²) in [5.41, 5.74) is 0. The first-order chi connectivity index (χ1) is 8.99. The summed E-state index contributed by atoms with van der Waals surface area (Å²) in [5, 5.41) is -0.608. The molecule has 0 heterocycles. The van der Waals surface area contributed by atoms with Gasteiger partial charge in [0.15, 0.2) is 0 Å². The largest absolute Gasteiger partial charge is 0.469 e. The third kappa shape index (κ3) is 3.28. The van der Waals surface area contributed by atoms with Gasteiger partial charge in [-0.05, 0) is 31.6 Å². The van der Waals surface area contributed by atoms with Crippen LogP contribution in [-0.4, -0.2) is 32.8 Å². The highest BCUT2D eigenvalue weighted by molar-refractivity contribution is 7.90. The number of carbonyl (C=O) groups is 1. The van der Waals surface area contributed by atoms with E-state index in [-0.39, 0.29) is 6.04 Å². The second-order valence-corrected chi connectivity index (χ2v) is 7.58. The minimum absolute atomic E-state index is 0.0869. The summed E-state index contributed by atoms with van der Waals surface area (Å²) in [7, 11) is -2.09. The number of nitrogens with one attached hydrogen (secondary N) is 1. The lowest BCUT2D eigenvalue weighted by Gasteiger charge is -2.18. The van der Waals surface area contributed by atoms with Crippen LogP contribution >= 0.6 is 0 Å². The third-order valence-corrected chi connectivity index (χ3v) is 6.25. The Balaban J connectivity index is 1.97. The molecule has 0 radical (unpaired) electrons. The molecule has 4 unspecified atom stereocenters. The molecular formula is C13H23NO4S. The van der Waals surface area contributed by atoms with Gasteiger partial charge in [0.05, 0.1) is 18.3 Å². The topological polar surface area (TPSA) is 72.5 Å². The van der Waals surface area contributed by atoms with Gasteiger partial charge < -0.3 is 4.74 Å². The number of carbonyl (C=O) groups excluding carboxylic acids is 1. The molecular weight excluding hydrogens is 266 g/mol. The first-order valence-corrected chi connectivity index (χ1v) is 8.63. The summed E-state index contributed by atoms with van der Waals surface area (Å²) in [6, 6.07) is 0.0869. The van der Waals surface area contributed by atoms with E-state index in [0.717, 1.165) is 25.7 Å². The van der Waals surface area contributed by atoms with Gasteiger partial charge in [-0.3, -0.25) is 4.79 Å². The van der Waals surface area contributed by atoms with E-state index in [4.69, 9.17) is 4.74 Å². The summed E-state index contributed by atoms with van der Waals surface area (Å²) >= 11 is 0. The first-order valence-electron chi connectivity index (χ1n) is 7.08. The second-order valence-electron chi connectivity index (χ2n) is 5.65. The first kappa shape index (κ1) is 14.8. The summed E-state index contributed by atoms with van der Waals surface area (Å²) < 4.78 is 32.2. The van der Waals surface area contributed by atoms with Crippen LogP contribution in [0.15, 0.2) is 0 Å². The zero-order chi connectivity index (χ0) is 14.0. The van der Waals surface area contributed by atoms with Crippen molar-refractivity contribution in [2.24, 2.45) is 11.8 Å². The van der Waals surface area contributed by atoms with Crippen molar-refractivity contribution in [1.29, 1.82) is 0 Å². The van der Waals surface area contributed by atoms with E-state index < -0.39 is 27.2 Å². The Kier molecular flexibility index (Phi) is 4.50. The van der Waals surface area contributed by atoms with Crippen LogP contribution in [0.2, 0.25) is 0 Å². The number of hydrogen-bond acceptors (Lipinski definition) is 4. The Hall–Kier alpha value is -0.620. The van der Waals surface area contributed by atoms with Crippen molar-refractivity contribution in [1.82, 2.24) is 4.72 Å². The van der Waals surface area contributed by atoms with E-state index in [0.29, 0.717) is 18.8 Å². The fourth-order valence-corrected chi connectivity index (χ4v) is 5.14. The molecule has 0 aromatic heterocycles. The number of methoxy groups -OCH3 is 1. The molecule has 0 bridgehead atoms.